The van der Waals surface area contributed by atoms with Crippen LogP contribution in [-0.4, -0.2) is 45.5 Å². The first-order valence-corrected chi connectivity index (χ1v) is 11.0. The van der Waals surface area contributed by atoms with E-state index < -0.39 is 63.6 Å². The Bertz CT molecular complexity index is 1280. The average molecular weight is 533 g/mol. The fraction of sp³-hybridized carbons (Fsp3) is 0.318. The maximum Gasteiger partial charge on any atom is 0.344 e. The zero-order chi connectivity index (χ0) is 27.8. The van der Waals surface area contributed by atoms with Crippen molar-refractivity contribution in [3.8, 4) is 11.5 Å². The topological polar surface area (TPSA) is 207 Å². The fourth-order valence-electron chi connectivity index (χ4n) is 3.71. The molecule has 2 atom stereocenters. The molecule has 0 aliphatic heterocycles. The molecule has 0 amide bonds. The number of ether oxygens (including phenoxy) is 3. The van der Waals surface area contributed by atoms with Crippen molar-refractivity contribution >= 4 is 29.3 Å². The molecule has 0 bridgehead atoms. The molecule has 1 N–H and O–H groups in total. The van der Waals surface area contributed by atoms with E-state index in [1.807, 2.05) is 5.59 Å². The zero-order valence-electron chi connectivity index (χ0n) is 19.8. The summed E-state index contributed by atoms with van der Waals surface area (Å²) in [4.78, 5) is 74.1. The smallest absolute Gasteiger partial charge is 0.344 e. The lowest BCUT2D eigenvalue weighted by molar-refractivity contribution is -0.680. The molecule has 16 heteroatoms. The molecule has 2 aromatic rings. The number of carbonyl (C=O) groups excluding carboxylic acids is 3. The number of nitrogens with one attached hydrogen (secondary N) is 1. The van der Waals surface area contributed by atoms with Crippen molar-refractivity contribution in [1.82, 2.24) is 5.59 Å². The summed E-state index contributed by atoms with van der Waals surface area (Å²) in [7, 11) is 0. The molecule has 0 aromatic heterocycles. The molecule has 16 nitrogen and oxygen atoms in total. The Kier molecular flexibility index (Phi) is 8.81. The highest BCUT2D eigenvalue weighted by atomic mass is 16.7. The number of nitro groups is 2. The first-order valence-electron chi connectivity index (χ1n) is 11.0. The number of nitro benzene ring substituents is 2. The van der Waals surface area contributed by atoms with E-state index in [-0.39, 0.29) is 29.0 Å². The van der Waals surface area contributed by atoms with Gasteiger partial charge in [0.15, 0.2) is 4.87 Å². The number of nitrogens with zero attached hydrogens (tertiary/aromatic N) is 3. The van der Waals surface area contributed by atoms with Crippen molar-refractivity contribution in [2.45, 2.75) is 32.2 Å². The second-order valence-corrected chi connectivity index (χ2v) is 7.89. The highest BCUT2D eigenvalue weighted by molar-refractivity contribution is 5.93. The van der Waals surface area contributed by atoms with E-state index in [0.717, 1.165) is 19.1 Å². The predicted octanol–water partition coefficient (Wildman–Crippen LogP) is 2.53. The third-order valence-corrected chi connectivity index (χ3v) is 5.43. The van der Waals surface area contributed by atoms with Crippen molar-refractivity contribution < 1.29 is 48.1 Å². The van der Waals surface area contributed by atoms with Gasteiger partial charge in [-0.05, 0) is 31.0 Å². The number of hydrogen-bond acceptors (Lipinski definition) is 12. The number of carbonyl (C=O) groups is 3. The molecule has 1 aliphatic carbocycles. The quantitative estimate of drug-likeness (QED) is 0.110. The van der Waals surface area contributed by atoms with Crippen molar-refractivity contribution in [2.24, 2.45) is 5.92 Å². The standard InChI is InChI=1S/C22H21N4O12/c1-13(27)37-19-8-3-2-5-16(19)22(29)36-12-35-21(28)15-6-4-7-17(15)24(30)23-38-20-10-9-14(25(31)32)11-18(20)26(33)34/h2-3,5,8-11,15,17H,4,6-7,12H2,1H3,(H,23,30)/q+1. The maximum absolute atomic E-state index is 12.6. The number of nitroso groups, excluding NO2 is 1. The first kappa shape index (κ1) is 27.4. The van der Waals surface area contributed by atoms with Gasteiger partial charge in [0.25, 0.3) is 11.7 Å². The van der Waals surface area contributed by atoms with Crippen LogP contribution in [-0.2, 0) is 19.1 Å². The lowest BCUT2D eigenvalue weighted by Gasteiger charge is -2.13. The SMILES string of the molecule is CC(=O)Oc1ccccc1C(=O)OCOC(=O)C1CCCC1[N+](=O)NOc1ccc([N+](=O)[O-])cc1[N+](=O)[O-]. The molecular weight excluding hydrogens is 512 g/mol. The zero-order valence-corrected chi connectivity index (χ0v) is 19.8. The van der Waals surface area contributed by atoms with Gasteiger partial charge >= 0.3 is 23.6 Å². The Labute approximate surface area is 213 Å². The predicted molar refractivity (Wildman–Crippen MR) is 122 cm³/mol. The van der Waals surface area contributed by atoms with Gasteiger partial charge in [0.2, 0.25) is 12.5 Å². The number of para-hydroxylation sites is 1. The molecule has 0 radical (unpaired) electrons. The van der Waals surface area contributed by atoms with Crippen LogP contribution in [0.25, 0.3) is 0 Å². The van der Waals surface area contributed by atoms with Crippen LogP contribution in [0, 0.1) is 31.1 Å². The van der Waals surface area contributed by atoms with E-state index >= 15 is 0 Å². The maximum atomic E-state index is 12.6. The lowest BCUT2D eigenvalue weighted by atomic mass is 10.1. The first-order chi connectivity index (χ1) is 18.1. The number of benzene rings is 2. The van der Waals surface area contributed by atoms with E-state index in [4.69, 9.17) is 19.0 Å². The summed E-state index contributed by atoms with van der Waals surface area (Å²) >= 11 is 0. The Morgan fingerprint density at radius 3 is 2.39 bits per heavy atom. The fourth-order valence-corrected chi connectivity index (χ4v) is 3.71. The van der Waals surface area contributed by atoms with Crippen LogP contribution >= 0.6 is 0 Å². The van der Waals surface area contributed by atoms with E-state index in [9.17, 15) is 39.5 Å². The van der Waals surface area contributed by atoms with Gasteiger partial charge in [0.05, 0.1) is 20.8 Å². The number of hydrogen-bond donors (Lipinski definition) is 1. The summed E-state index contributed by atoms with van der Waals surface area (Å²) in [5.41, 5.74) is 0.597. The molecule has 2 aromatic carbocycles. The highest BCUT2D eigenvalue weighted by Crippen LogP contribution is 2.32. The Morgan fingerprint density at radius 1 is 0.974 bits per heavy atom. The molecule has 1 fully saturated rings. The van der Waals surface area contributed by atoms with Crippen molar-refractivity contribution in [2.75, 3.05) is 6.79 Å². The van der Waals surface area contributed by atoms with Gasteiger partial charge in [-0.25, -0.2) is 4.79 Å². The molecule has 0 heterocycles. The summed E-state index contributed by atoms with van der Waals surface area (Å²) < 4.78 is 14.9. The number of esters is 3. The summed E-state index contributed by atoms with van der Waals surface area (Å²) in [5, 5.41) is 22.1. The summed E-state index contributed by atoms with van der Waals surface area (Å²) in [5.74, 6) is -3.83. The second-order valence-electron chi connectivity index (χ2n) is 7.89. The molecule has 0 saturated heterocycles. The minimum atomic E-state index is -0.986. The third kappa shape index (κ3) is 6.74. The molecule has 38 heavy (non-hydrogen) atoms. The van der Waals surface area contributed by atoms with E-state index in [0.29, 0.717) is 12.5 Å². The molecule has 3 rings (SSSR count). The summed E-state index contributed by atoms with van der Waals surface area (Å²) in [6.45, 7) is 0.390. The third-order valence-electron chi connectivity index (χ3n) is 5.43. The molecule has 200 valence electrons. The van der Waals surface area contributed by atoms with Crippen LogP contribution in [0.5, 0.6) is 11.5 Å². The van der Waals surface area contributed by atoms with Gasteiger partial charge < -0.3 is 19.0 Å². The van der Waals surface area contributed by atoms with Gasteiger partial charge in [-0.3, -0.25) is 29.8 Å². The molecular formula is C22H21N4O12+. The highest BCUT2D eigenvalue weighted by Gasteiger charge is 2.46. The van der Waals surface area contributed by atoms with Crippen LogP contribution < -0.4 is 15.2 Å². The van der Waals surface area contributed by atoms with E-state index in [2.05, 4.69) is 0 Å². The van der Waals surface area contributed by atoms with Gasteiger partial charge in [0.1, 0.15) is 17.2 Å². The lowest BCUT2D eigenvalue weighted by Crippen LogP contribution is -2.42. The summed E-state index contributed by atoms with van der Waals surface area (Å²) in [6.07, 6.45) is 0.987. The number of rotatable bonds is 11. The minimum absolute atomic E-state index is 0.0338. The minimum Gasteiger partial charge on any atom is -0.427 e. The van der Waals surface area contributed by atoms with Gasteiger partial charge in [0, 0.05) is 25.0 Å². The van der Waals surface area contributed by atoms with Crippen LogP contribution in [0.15, 0.2) is 42.5 Å². The molecule has 1 aliphatic rings. The summed E-state index contributed by atoms with van der Waals surface area (Å²) in [6, 6.07) is 7.39. The largest absolute Gasteiger partial charge is 0.427 e. The van der Waals surface area contributed by atoms with Crippen molar-refractivity contribution in [3.05, 3.63) is 73.2 Å². The number of hydrazine groups is 1. The van der Waals surface area contributed by atoms with Crippen molar-refractivity contribution in [3.63, 3.8) is 0 Å². The molecule has 0 spiro atoms. The molecule has 2 unspecified atom stereocenters. The van der Waals surface area contributed by atoms with Crippen LogP contribution in [0.2, 0.25) is 0 Å². The van der Waals surface area contributed by atoms with Crippen LogP contribution in [0.4, 0.5) is 11.4 Å². The Hall–Kier alpha value is -5.15. The number of non-ortho nitro benzene ring substituents is 1. The van der Waals surface area contributed by atoms with E-state index in [1.165, 1.54) is 18.2 Å². The van der Waals surface area contributed by atoms with Gasteiger partial charge in [-0.2, -0.15) is 0 Å². The van der Waals surface area contributed by atoms with Gasteiger partial charge in [-0.1, -0.05) is 12.1 Å². The Morgan fingerprint density at radius 2 is 1.71 bits per heavy atom. The normalized spacial score (nSPS) is 16.1. The molecule has 1 saturated carbocycles. The van der Waals surface area contributed by atoms with Crippen molar-refractivity contribution in [1.29, 1.82) is 0 Å². The van der Waals surface area contributed by atoms with Crippen LogP contribution in [0.1, 0.15) is 36.5 Å². The second kappa shape index (κ2) is 12.2. The van der Waals surface area contributed by atoms with Crippen LogP contribution in [0.3, 0.4) is 0 Å². The Balaban J connectivity index is 1.56. The van der Waals surface area contributed by atoms with Gasteiger partial charge in [-0.15, -0.1) is 0 Å². The van der Waals surface area contributed by atoms with E-state index in [1.54, 1.807) is 6.07 Å². The monoisotopic (exact) mass is 533 g/mol. The average Bonchev–Trinajstić information content (AvgIpc) is 3.37.